The first kappa shape index (κ1) is 15.9. The van der Waals surface area contributed by atoms with Gasteiger partial charge < -0.3 is 9.64 Å². The summed E-state index contributed by atoms with van der Waals surface area (Å²) >= 11 is 0. The van der Waals surface area contributed by atoms with Gasteiger partial charge in [0.15, 0.2) is 0 Å². The van der Waals surface area contributed by atoms with Gasteiger partial charge in [0.05, 0.1) is 0 Å². The number of amides is 1. The molecule has 6 heteroatoms. The van der Waals surface area contributed by atoms with Crippen LogP contribution in [0.5, 0.6) is 0 Å². The van der Waals surface area contributed by atoms with Crippen LogP contribution in [0.3, 0.4) is 0 Å². The van der Waals surface area contributed by atoms with Gasteiger partial charge in [-0.25, -0.2) is 4.79 Å². The molecule has 0 aromatic heterocycles. The van der Waals surface area contributed by atoms with Crippen LogP contribution < -0.4 is 0 Å². The van der Waals surface area contributed by atoms with Crippen LogP contribution >= 0.6 is 0 Å². The number of benzene rings is 1. The van der Waals surface area contributed by atoms with Crippen LogP contribution in [0.15, 0.2) is 35.4 Å². The van der Waals surface area contributed by atoms with Crippen LogP contribution in [-0.2, 0) is 11.2 Å². The molecule has 1 rings (SSSR count). The van der Waals surface area contributed by atoms with Gasteiger partial charge >= 0.3 is 6.09 Å². The van der Waals surface area contributed by atoms with Crippen molar-refractivity contribution in [2.45, 2.75) is 39.0 Å². The Balaban J connectivity index is 2.80. The number of azide groups is 1. The molecule has 0 fully saturated rings. The van der Waals surface area contributed by atoms with E-state index in [-0.39, 0.29) is 0 Å². The molecule has 0 heterocycles. The van der Waals surface area contributed by atoms with Crippen molar-refractivity contribution in [2.24, 2.45) is 5.11 Å². The van der Waals surface area contributed by atoms with Crippen molar-refractivity contribution in [3.63, 3.8) is 0 Å². The summed E-state index contributed by atoms with van der Waals surface area (Å²) < 4.78 is 5.27. The van der Waals surface area contributed by atoms with E-state index in [0.29, 0.717) is 6.42 Å². The third-order valence-electron chi connectivity index (χ3n) is 2.57. The third-order valence-corrected chi connectivity index (χ3v) is 2.57. The normalized spacial score (nSPS) is 12.2. The molecule has 0 spiro atoms. The highest BCUT2D eigenvalue weighted by molar-refractivity contribution is 5.68. The summed E-state index contributed by atoms with van der Waals surface area (Å²) in [6, 6.07) is 9.54. The lowest BCUT2D eigenvalue weighted by Gasteiger charge is -2.28. The van der Waals surface area contributed by atoms with Crippen LogP contribution in [0.1, 0.15) is 26.3 Å². The number of carbonyl (C=O) groups is 1. The molecular formula is C14H20N4O2. The van der Waals surface area contributed by atoms with Crippen molar-refractivity contribution in [3.8, 4) is 0 Å². The van der Waals surface area contributed by atoms with Gasteiger partial charge in [0.25, 0.3) is 0 Å². The molecule has 0 aliphatic heterocycles. The summed E-state index contributed by atoms with van der Waals surface area (Å²) in [6.45, 7) is 5.37. The van der Waals surface area contributed by atoms with Crippen LogP contribution in [0.25, 0.3) is 10.4 Å². The maximum Gasteiger partial charge on any atom is 0.410 e. The second-order valence-electron chi connectivity index (χ2n) is 5.47. The largest absolute Gasteiger partial charge is 0.444 e. The SMILES string of the molecule is CN(C(=O)OC(C)(C)C)C(Cc1ccccc1)N=[N+]=[N-]. The summed E-state index contributed by atoms with van der Waals surface area (Å²) in [7, 11) is 1.57. The molecule has 1 aromatic rings. The molecule has 0 bridgehead atoms. The molecule has 1 atom stereocenters. The molecule has 0 aliphatic carbocycles. The van der Waals surface area contributed by atoms with E-state index in [1.807, 2.05) is 30.3 Å². The van der Waals surface area contributed by atoms with E-state index < -0.39 is 17.9 Å². The van der Waals surface area contributed by atoms with E-state index >= 15 is 0 Å². The molecule has 1 amide bonds. The predicted octanol–water partition coefficient (Wildman–Crippen LogP) is 3.73. The quantitative estimate of drug-likeness (QED) is 0.477. The standard InChI is InChI=1S/C14H20N4O2/c1-14(2,3)20-13(19)18(4)12(16-17-15)10-11-8-6-5-7-9-11/h5-9,12H,10H2,1-4H3. The van der Waals surface area contributed by atoms with E-state index in [1.165, 1.54) is 4.90 Å². The van der Waals surface area contributed by atoms with Gasteiger partial charge in [-0.3, -0.25) is 0 Å². The van der Waals surface area contributed by atoms with Gasteiger partial charge in [-0.05, 0) is 38.3 Å². The highest BCUT2D eigenvalue weighted by atomic mass is 16.6. The Morgan fingerprint density at radius 1 is 1.40 bits per heavy atom. The van der Waals surface area contributed by atoms with Gasteiger partial charge in [0.1, 0.15) is 11.8 Å². The lowest BCUT2D eigenvalue weighted by Crippen LogP contribution is -2.40. The number of carbonyl (C=O) groups excluding carboxylic acids is 1. The molecule has 0 radical (unpaired) electrons. The average molecular weight is 276 g/mol. The first-order chi connectivity index (χ1) is 9.33. The Morgan fingerprint density at radius 3 is 2.50 bits per heavy atom. The zero-order valence-electron chi connectivity index (χ0n) is 12.3. The molecule has 20 heavy (non-hydrogen) atoms. The zero-order chi connectivity index (χ0) is 15.2. The van der Waals surface area contributed by atoms with Gasteiger partial charge in [-0.15, -0.1) is 0 Å². The highest BCUT2D eigenvalue weighted by Crippen LogP contribution is 2.14. The number of hydrogen-bond donors (Lipinski definition) is 0. The Hall–Kier alpha value is -2.20. The number of hydrogen-bond acceptors (Lipinski definition) is 3. The Labute approximate surface area is 119 Å². The number of ether oxygens (including phenoxy) is 1. The van der Waals surface area contributed by atoms with Crippen LogP contribution in [0, 0.1) is 0 Å². The lowest BCUT2D eigenvalue weighted by atomic mass is 10.1. The zero-order valence-corrected chi connectivity index (χ0v) is 12.3. The van der Waals surface area contributed by atoms with Crippen molar-refractivity contribution in [3.05, 3.63) is 46.3 Å². The highest BCUT2D eigenvalue weighted by Gasteiger charge is 2.24. The van der Waals surface area contributed by atoms with E-state index in [0.717, 1.165) is 5.56 Å². The van der Waals surface area contributed by atoms with Gasteiger partial charge in [-0.2, -0.15) is 0 Å². The Kier molecular flexibility index (Phi) is 5.41. The second kappa shape index (κ2) is 6.82. The maximum absolute atomic E-state index is 12.0. The third kappa shape index (κ3) is 5.20. The molecule has 1 unspecified atom stereocenters. The van der Waals surface area contributed by atoms with E-state index in [2.05, 4.69) is 10.0 Å². The molecule has 1 aromatic carbocycles. The smallest absolute Gasteiger partial charge is 0.410 e. The maximum atomic E-state index is 12.0. The molecule has 0 N–H and O–H groups in total. The molecular weight excluding hydrogens is 256 g/mol. The average Bonchev–Trinajstić information content (AvgIpc) is 2.36. The summed E-state index contributed by atoms with van der Waals surface area (Å²) in [5.74, 6) is 0. The molecule has 0 saturated heterocycles. The molecule has 0 aliphatic rings. The molecule has 0 saturated carbocycles. The van der Waals surface area contributed by atoms with Crippen molar-refractivity contribution in [2.75, 3.05) is 7.05 Å². The monoisotopic (exact) mass is 276 g/mol. The van der Waals surface area contributed by atoms with E-state index in [9.17, 15) is 4.79 Å². The first-order valence-electron chi connectivity index (χ1n) is 6.37. The number of likely N-dealkylation sites (N-methyl/N-ethyl adjacent to an activating group) is 1. The van der Waals surface area contributed by atoms with Gasteiger partial charge in [0, 0.05) is 12.0 Å². The van der Waals surface area contributed by atoms with Crippen LogP contribution in [-0.4, -0.2) is 29.8 Å². The number of rotatable bonds is 4. The van der Waals surface area contributed by atoms with Crippen molar-refractivity contribution in [1.82, 2.24) is 4.90 Å². The van der Waals surface area contributed by atoms with Gasteiger partial charge in [-0.1, -0.05) is 35.4 Å². The van der Waals surface area contributed by atoms with Gasteiger partial charge in [0.2, 0.25) is 0 Å². The van der Waals surface area contributed by atoms with E-state index in [4.69, 9.17) is 10.3 Å². The van der Waals surface area contributed by atoms with Crippen molar-refractivity contribution in [1.29, 1.82) is 0 Å². The van der Waals surface area contributed by atoms with Crippen LogP contribution in [0.2, 0.25) is 0 Å². The van der Waals surface area contributed by atoms with Crippen molar-refractivity contribution >= 4 is 6.09 Å². The van der Waals surface area contributed by atoms with Crippen molar-refractivity contribution < 1.29 is 9.53 Å². The fourth-order valence-electron chi connectivity index (χ4n) is 1.60. The second-order valence-corrected chi connectivity index (χ2v) is 5.47. The minimum absolute atomic E-state index is 0.445. The van der Waals surface area contributed by atoms with Crippen LogP contribution in [0.4, 0.5) is 4.79 Å². The topological polar surface area (TPSA) is 78.3 Å². The minimum Gasteiger partial charge on any atom is -0.444 e. The lowest BCUT2D eigenvalue weighted by molar-refractivity contribution is 0.0227. The summed E-state index contributed by atoms with van der Waals surface area (Å²) in [5.41, 5.74) is 9.06. The Bertz CT molecular complexity index is 490. The Morgan fingerprint density at radius 2 is 2.00 bits per heavy atom. The summed E-state index contributed by atoms with van der Waals surface area (Å²) in [5, 5.41) is 3.68. The molecule has 6 nitrogen and oxygen atoms in total. The molecule has 108 valence electrons. The minimum atomic E-state index is -0.614. The summed E-state index contributed by atoms with van der Waals surface area (Å²) in [4.78, 5) is 16.1. The number of nitrogens with zero attached hydrogens (tertiary/aromatic N) is 4. The first-order valence-corrected chi connectivity index (χ1v) is 6.37. The fraction of sp³-hybridized carbons (Fsp3) is 0.500. The van der Waals surface area contributed by atoms with E-state index in [1.54, 1.807) is 27.8 Å². The predicted molar refractivity (Wildman–Crippen MR) is 77.1 cm³/mol. The fourth-order valence-corrected chi connectivity index (χ4v) is 1.60. The summed E-state index contributed by atoms with van der Waals surface area (Å²) in [6.07, 6.45) is -0.677.